The van der Waals surface area contributed by atoms with E-state index >= 15 is 0 Å². The zero-order valence-electron chi connectivity index (χ0n) is 14.3. The van der Waals surface area contributed by atoms with E-state index in [1.54, 1.807) is 16.8 Å². The molecule has 0 saturated carbocycles. The van der Waals surface area contributed by atoms with Crippen LogP contribution in [0.25, 0.3) is 5.69 Å². The highest BCUT2D eigenvalue weighted by Gasteiger charge is 2.31. The van der Waals surface area contributed by atoms with Gasteiger partial charge in [0, 0.05) is 30.9 Å². The van der Waals surface area contributed by atoms with Crippen molar-refractivity contribution in [1.29, 1.82) is 0 Å². The van der Waals surface area contributed by atoms with Crippen LogP contribution in [0.1, 0.15) is 30.0 Å². The number of hydrogen-bond donors (Lipinski definition) is 0. The number of rotatable bonds is 3. The normalized spacial score (nSPS) is 17.2. The van der Waals surface area contributed by atoms with Crippen molar-refractivity contribution in [3.8, 4) is 5.69 Å². The molecule has 5 nitrogen and oxygen atoms in total. The summed E-state index contributed by atoms with van der Waals surface area (Å²) >= 11 is 1.44. The Morgan fingerprint density at radius 3 is 2.84 bits per heavy atom. The van der Waals surface area contributed by atoms with E-state index in [2.05, 4.69) is 33.4 Å². The molecular weight excluding hydrogens is 337 g/mol. The second kappa shape index (κ2) is 6.31. The summed E-state index contributed by atoms with van der Waals surface area (Å²) in [5, 5.41) is 8.42. The van der Waals surface area contributed by atoms with Crippen LogP contribution in [0.2, 0.25) is 0 Å². The number of nitrogens with zero attached hydrogens (tertiary/aromatic N) is 5. The molecule has 3 heterocycles. The summed E-state index contributed by atoms with van der Waals surface area (Å²) in [5.74, 6) is -0.247. The Morgan fingerprint density at radius 1 is 1.24 bits per heavy atom. The van der Waals surface area contributed by atoms with Gasteiger partial charge in [0.25, 0.3) is 0 Å². The molecule has 0 spiro atoms. The quantitative estimate of drug-likeness (QED) is 0.720. The third-order valence-electron chi connectivity index (χ3n) is 4.51. The van der Waals surface area contributed by atoms with Crippen molar-refractivity contribution in [1.82, 2.24) is 24.3 Å². The molecule has 0 fully saturated rings. The third kappa shape index (κ3) is 3.34. The van der Waals surface area contributed by atoms with E-state index in [4.69, 9.17) is 0 Å². The number of halogens is 1. The van der Waals surface area contributed by atoms with Crippen LogP contribution in [0, 0.1) is 11.2 Å². The van der Waals surface area contributed by atoms with Gasteiger partial charge in [-0.05, 0) is 35.5 Å². The Morgan fingerprint density at radius 2 is 2.08 bits per heavy atom. The summed E-state index contributed by atoms with van der Waals surface area (Å²) in [4.78, 5) is 3.55. The predicted octanol–water partition coefficient (Wildman–Crippen LogP) is 3.45. The molecule has 3 aromatic rings. The molecule has 2 aromatic heterocycles. The molecule has 0 atom stereocenters. The number of fused-ring (bicyclic) bond motifs is 1. The summed E-state index contributed by atoms with van der Waals surface area (Å²) in [6.45, 7) is 7.07. The topological polar surface area (TPSA) is 46.8 Å². The maximum Gasteiger partial charge on any atom is 0.148 e. The van der Waals surface area contributed by atoms with E-state index in [0.717, 1.165) is 42.2 Å². The van der Waals surface area contributed by atoms with Gasteiger partial charge in [0.15, 0.2) is 0 Å². The van der Waals surface area contributed by atoms with Crippen LogP contribution < -0.4 is 0 Å². The minimum absolute atomic E-state index is 0.0619. The number of aromatic nitrogens is 4. The molecule has 0 aliphatic carbocycles. The van der Waals surface area contributed by atoms with Gasteiger partial charge in [-0.25, -0.2) is 9.07 Å². The van der Waals surface area contributed by atoms with Crippen molar-refractivity contribution in [2.45, 2.75) is 33.4 Å². The van der Waals surface area contributed by atoms with Gasteiger partial charge in [-0.1, -0.05) is 30.5 Å². The molecule has 1 aliphatic rings. The first-order chi connectivity index (χ1) is 12.0. The molecule has 1 aliphatic heterocycles. The second-order valence-electron chi connectivity index (χ2n) is 7.35. The molecule has 0 radical (unpaired) electrons. The average molecular weight is 357 g/mol. The van der Waals surface area contributed by atoms with Crippen LogP contribution in [0.15, 0.2) is 36.7 Å². The highest BCUT2D eigenvalue weighted by atomic mass is 32.1. The molecule has 0 amide bonds. The lowest BCUT2D eigenvalue weighted by Gasteiger charge is -2.29. The first kappa shape index (κ1) is 16.4. The largest absolute Gasteiger partial charge is 0.293 e. The summed E-state index contributed by atoms with van der Waals surface area (Å²) < 4.78 is 20.0. The molecule has 25 heavy (non-hydrogen) atoms. The van der Waals surface area contributed by atoms with Crippen LogP contribution in [0.4, 0.5) is 4.39 Å². The second-order valence-corrected chi connectivity index (χ2v) is 8.22. The maximum atomic E-state index is 14.3. The van der Waals surface area contributed by atoms with Crippen molar-refractivity contribution in [3.05, 3.63) is 58.6 Å². The van der Waals surface area contributed by atoms with E-state index < -0.39 is 0 Å². The van der Waals surface area contributed by atoms with Crippen LogP contribution in [-0.4, -0.2) is 30.8 Å². The Hall–Kier alpha value is -2.12. The fourth-order valence-electron chi connectivity index (χ4n) is 3.56. The Kier molecular flexibility index (Phi) is 4.13. The molecule has 0 bridgehead atoms. The van der Waals surface area contributed by atoms with Crippen LogP contribution in [-0.2, 0) is 19.5 Å². The average Bonchev–Trinajstić information content (AvgIpc) is 3.16. The van der Waals surface area contributed by atoms with Crippen LogP contribution >= 0.6 is 11.5 Å². The summed E-state index contributed by atoms with van der Waals surface area (Å²) in [5.41, 5.74) is 2.83. The molecule has 130 valence electrons. The van der Waals surface area contributed by atoms with Gasteiger partial charge in [0.05, 0.1) is 17.3 Å². The van der Waals surface area contributed by atoms with Crippen molar-refractivity contribution in [2.24, 2.45) is 5.41 Å². The van der Waals surface area contributed by atoms with Crippen molar-refractivity contribution >= 4 is 11.5 Å². The van der Waals surface area contributed by atoms with Gasteiger partial charge in [-0.2, -0.15) is 5.10 Å². The van der Waals surface area contributed by atoms with Gasteiger partial charge in [-0.15, -0.1) is 5.10 Å². The Labute approximate surface area is 150 Å². The molecule has 4 rings (SSSR count). The minimum Gasteiger partial charge on any atom is -0.293 e. The van der Waals surface area contributed by atoms with E-state index in [-0.39, 0.29) is 11.2 Å². The lowest BCUT2D eigenvalue weighted by molar-refractivity contribution is 0.174. The smallest absolute Gasteiger partial charge is 0.148 e. The molecule has 0 saturated heterocycles. The first-order valence-corrected chi connectivity index (χ1v) is 9.08. The summed E-state index contributed by atoms with van der Waals surface area (Å²) in [6, 6.07) is 6.81. The molecule has 0 N–H and O–H groups in total. The van der Waals surface area contributed by atoms with Crippen molar-refractivity contribution < 1.29 is 4.39 Å². The van der Waals surface area contributed by atoms with Gasteiger partial charge in [-0.3, -0.25) is 4.90 Å². The van der Waals surface area contributed by atoms with E-state index in [1.807, 2.05) is 18.5 Å². The van der Waals surface area contributed by atoms with Crippen molar-refractivity contribution in [2.75, 3.05) is 6.54 Å². The van der Waals surface area contributed by atoms with Gasteiger partial charge >= 0.3 is 0 Å². The monoisotopic (exact) mass is 357 g/mol. The lowest BCUT2D eigenvalue weighted by atomic mass is 9.87. The summed E-state index contributed by atoms with van der Waals surface area (Å²) in [7, 11) is 0. The number of para-hydroxylation sites is 1. The summed E-state index contributed by atoms with van der Waals surface area (Å²) in [6.07, 6.45) is 4.56. The van der Waals surface area contributed by atoms with E-state index in [9.17, 15) is 4.39 Å². The number of hydrogen-bond acceptors (Lipinski definition) is 5. The standard InChI is InChI=1S/C18H20FN5S/c1-18(2)7-17-13(10-23(12-18)11-14-9-20-22-25-14)8-21-24(17)16-6-4-3-5-15(16)19/h3-6,8-9H,7,10-12H2,1-2H3. The fourth-order valence-corrected chi connectivity index (χ4v) is 4.09. The fraction of sp³-hybridized carbons (Fsp3) is 0.389. The van der Waals surface area contributed by atoms with E-state index in [0.29, 0.717) is 5.69 Å². The Balaban J connectivity index is 1.70. The van der Waals surface area contributed by atoms with Crippen LogP contribution in [0.5, 0.6) is 0 Å². The first-order valence-electron chi connectivity index (χ1n) is 8.31. The van der Waals surface area contributed by atoms with E-state index in [1.165, 1.54) is 17.6 Å². The molecule has 0 unspecified atom stereocenters. The SMILES string of the molecule is CC1(C)Cc2c(cnn2-c2ccccc2F)CN(Cc2cnns2)C1. The molecular formula is C18H20FN5S. The van der Waals surface area contributed by atoms with Crippen LogP contribution in [0.3, 0.4) is 0 Å². The predicted molar refractivity (Wildman–Crippen MR) is 95.0 cm³/mol. The zero-order valence-corrected chi connectivity index (χ0v) is 15.1. The highest BCUT2D eigenvalue weighted by Crippen LogP contribution is 2.32. The number of benzene rings is 1. The van der Waals surface area contributed by atoms with Gasteiger partial charge in [0.1, 0.15) is 11.5 Å². The Bertz CT molecular complexity index is 871. The minimum atomic E-state index is -0.247. The maximum absolute atomic E-state index is 14.3. The lowest BCUT2D eigenvalue weighted by Crippen LogP contribution is -2.32. The molecule has 1 aromatic carbocycles. The van der Waals surface area contributed by atoms with Gasteiger partial charge < -0.3 is 0 Å². The molecule has 7 heteroatoms. The zero-order chi connectivity index (χ0) is 17.4. The third-order valence-corrected chi connectivity index (χ3v) is 5.16. The highest BCUT2D eigenvalue weighted by molar-refractivity contribution is 7.05. The van der Waals surface area contributed by atoms with Crippen molar-refractivity contribution in [3.63, 3.8) is 0 Å². The van der Waals surface area contributed by atoms with Gasteiger partial charge in [0.2, 0.25) is 0 Å².